The van der Waals surface area contributed by atoms with Crippen molar-refractivity contribution in [1.82, 2.24) is 10.2 Å². The first kappa shape index (κ1) is 13.4. The van der Waals surface area contributed by atoms with Crippen LogP contribution in [0.1, 0.15) is 58.8 Å². The molecular weight excluding hydrogens is 208 g/mol. The maximum atomic E-state index is 3.73. The van der Waals surface area contributed by atoms with E-state index < -0.39 is 0 Å². The van der Waals surface area contributed by atoms with Crippen LogP contribution in [0.15, 0.2) is 0 Å². The molecule has 1 aliphatic heterocycles. The summed E-state index contributed by atoms with van der Waals surface area (Å²) >= 11 is 0. The summed E-state index contributed by atoms with van der Waals surface area (Å²) in [5.74, 6) is 0.916. The number of nitrogens with one attached hydrogen (secondary N) is 1. The van der Waals surface area contributed by atoms with Crippen molar-refractivity contribution in [3.05, 3.63) is 0 Å². The zero-order chi connectivity index (χ0) is 12.1. The molecule has 0 aromatic rings. The number of rotatable bonds is 5. The van der Waals surface area contributed by atoms with E-state index in [0.29, 0.717) is 0 Å². The van der Waals surface area contributed by atoms with Crippen molar-refractivity contribution in [3.63, 3.8) is 0 Å². The summed E-state index contributed by atoms with van der Waals surface area (Å²) in [6.07, 6.45) is 9.79. The van der Waals surface area contributed by atoms with Gasteiger partial charge in [-0.25, -0.2) is 0 Å². The van der Waals surface area contributed by atoms with Gasteiger partial charge in [0, 0.05) is 12.1 Å². The maximum absolute atomic E-state index is 3.73. The van der Waals surface area contributed by atoms with Gasteiger partial charge < -0.3 is 5.32 Å². The van der Waals surface area contributed by atoms with E-state index in [4.69, 9.17) is 0 Å². The van der Waals surface area contributed by atoms with Crippen LogP contribution >= 0.6 is 0 Å². The minimum Gasteiger partial charge on any atom is -0.314 e. The van der Waals surface area contributed by atoms with Crippen LogP contribution in [-0.2, 0) is 0 Å². The van der Waals surface area contributed by atoms with Gasteiger partial charge >= 0.3 is 0 Å². The molecule has 0 aromatic heterocycles. The molecule has 0 spiro atoms. The Labute approximate surface area is 107 Å². The summed E-state index contributed by atoms with van der Waals surface area (Å²) < 4.78 is 0. The molecule has 2 rings (SSSR count). The molecule has 0 amide bonds. The molecule has 1 saturated heterocycles. The lowest BCUT2D eigenvalue weighted by Gasteiger charge is -2.50. The molecule has 1 saturated carbocycles. The Hall–Kier alpha value is -0.0800. The van der Waals surface area contributed by atoms with Gasteiger partial charge in [-0.3, -0.25) is 4.90 Å². The largest absolute Gasteiger partial charge is 0.314 e. The molecule has 0 bridgehead atoms. The predicted molar refractivity (Wildman–Crippen MR) is 74.3 cm³/mol. The Balaban J connectivity index is 1.81. The number of likely N-dealkylation sites (tertiary alicyclic amines) is 1. The smallest absolute Gasteiger partial charge is 0.0153 e. The third-order valence-corrected chi connectivity index (χ3v) is 4.74. The molecule has 3 unspecified atom stereocenters. The molecule has 1 N–H and O–H groups in total. The van der Waals surface area contributed by atoms with E-state index in [2.05, 4.69) is 24.1 Å². The summed E-state index contributed by atoms with van der Waals surface area (Å²) in [5.41, 5.74) is 0. The van der Waals surface area contributed by atoms with Crippen LogP contribution in [0.5, 0.6) is 0 Å². The second kappa shape index (κ2) is 6.75. The first-order valence-electron chi connectivity index (χ1n) is 7.84. The van der Waals surface area contributed by atoms with E-state index in [9.17, 15) is 0 Å². The Morgan fingerprint density at radius 2 is 1.76 bits per heavy atom. The standard InChI is InChI=1S/C15H30N2/c1-3-9-16-14-12-15(13(14)4-2)17-10-7-5-6-8-11-17/h13-16H,3-12H2,1-2H3. The molecule has 2 aliphatic rings. The lowest BCUT2D eigenvalue weighted by molar-refractivity contribution is 0.0264. The van der Waals surface area contributed by atoms with Crippen LogP contribution < -0.4 is 5.32 Å². The van der Waals surface area contributed by atoms with Gasteiger partial charge in [0.1, 0.15) is 0 Å². The fourth-order valence-corrected chi connectivity index (χ4v) is 3.65. The highest BCUT2D eigenvalue weighted by Crippen LogP contribution is 2.36. The number of nitrogens with zero attached hydrogens (tertiary/aromatic N) is 1. The van der Waals surface area contributed by atoms with Gasteiger partial charge in [-0.1, -0.05) is 33.1 Å². The normalized spacial score (nSPS) is 35.3. The van der Waals surface area contributed by atoms with Gasteiger partial charge in [-0.2, -0.15) is 0 Å². The van der Waals surface area contributed by atoms with Crippen molar-refractivity contribution in [2.24, 2.45) is 5.92 Å². The monoisotopic (exact) mass is 238 g/mol. The quantitative estimate of drug-likeness (QED) is 0.792. The Bertz CT molecular complexity index is 209. The molecule has 0 radical (unpaired) electrons. The third-order valence-electron chi connectivity index (χ3n) is 4.74. The summed E-state index contributed by atoms with van der Waals surface area (Å²) in [6, 6.07) is 1.71. The van der Waals surface area contributed by atoms with E-state index in [1.54, 1.807) is 0 Å². The molecule has 2 heteroatoms. The van der Waals surface area contributed by atoms with E-state index >= 15 is 0 Å². The van der Waals surface area contributed by atoms with Crippen molar-refractivity contribution >= 4 is 0 Å². The van der Waals surface area contributed by atoms with Crippen LogP contribution in [0.4, 0.5) is 0 Å². The Kier molecular flexibility index (Phi) is 5.30. The molecule has 3 atom stereocenters. The molecule has 2 fully saturated rings. The second-order valence-electron chi connectivity index (χ2n) is 5.89. The SMILES string of the molecule is CCCNC1CC(N2CCCCCC2)C1CC. The highest BCUT2D eigenvalue weighted by Gasteiger charge is 2.42. The minimum absolute atomic E-state index is 0.813. The zero-order valence-electron chi connectivity index (χ0n) is 11.8. The van der Waals surface area contributed by atoms with Crippen LogP contribution in [-0.4, -0.2) is 36.6 Å². The van der Waals surface area contributed by atoms with Crippen molar-refractivity contribution < 1.29 is 0 Å². The van der Waals surface area contributed by atoms with Crippen LogP contribution in [0, 0.1) is 5.92 Å². The average Bonchev–Trinajstić information content (AvgIpc) is 2.57. The average molecular weight is 238 g/mol. The van der Waals surface area contributed by atoms with E-state index in [1.807, 2.05) is 0 Å². The van der Waals surface area contributed by atoms with E-state index in [1.165, 1.54) is 64.6 Å². The first-order chi connectivity index (χ1) is 8.36. The molecule has 1 aliphatic carbocycles. The molecule has 17 heavy (non-hydrogen) atoms. The third kappa shape index (κ3) is 3.23. The van der Waals surface area contributed by atoms with Gasteiger partial charge in [-0.15, -0.1) is 0 Å². The highest BCUT2D eigenvalue weighted by atomic mass is 15.2. The van der Waals surface area contributed by atoms with Gasteiger partial charge in [0.25, 0.3) is 0 Å². The van der Waals surface area contributed by atoms with Crippen molar-refractivity contribution in [2.75, 3.05) is 19.6 Å². The second-order valence-corrected chi connectivity index (χ2v) is 5.89. The fraction of sp³-hybridized carbons (Fsp3) is 1.00. The molecule has 100 valence electrons. The van der Waals surface area contributed by atoms with Gasteiger partial charge in [0.15, 0.2) is 0 Å². The van der Waals surface area contributed by atoms with Gasteiger partial charge in [0.2, 0.25) is 0 Å². The number of hydrogen-bond acceptors (Lipinski definition) is 2. The fourth-order valence-electron chi connectivity index (χ4n) is 3.65. The topological polar surface area (TPSA) is 15.3 Å². The van der Waals surface area contributed by atoms with Crippen molar-refractivity contribution in [3.8, 4) is 0 Å². The molecule has 2 nitrogen and oxygen atoms in total. The maximum Gasteiger partial charge on any atom is 0.0153 e. The summed E-state index contributed by atoms with van der Waals surface area (Å²) in [4.78, 5) is 2.80. The lowest BCUT2D eigenvalue weighted by atomic mass is 9.71. The van der Waals surface area contributed by atoms with Crippen molar-refractivity contribution in [1.29, 1.82) is 0 Å². The summed E-state index contributed by atoms with van der Waals surface area (Å²) in [5, 5.41) is 3.73. The van der Waals surface area contributed by atoms with Gasteiger partial charge in [0.05, 0.1) is 0 Å². The first-order valence-corrected chi connectivity index (χ1v) is 7.84. The Morgan fingerprint density at radius 1 is 1.06 bits per heavy atom. The minimum atomic E-state index is 0.813. The van der Waals surface area contributed by atoms with Crippen LogP contribution in [0.25, 0.3) is 0 Å². The summed E-state index contributed by atoms with van der Waals surface area (Å²) in [7, 11) is 0. The molecule has 1 heterocycles. The van der Waals surface area contributed by atoms with E-state index in [-0.39, 0.29) is 0 Å². The Morgan fingerprint density at radius 3 is 2.35 bits per heavy atom. The number of hydrogen-bond donors (Lipinski definition) is 1. The summed E-state index contributed by atoms with van der Waals surface area (Å²) in [6.45, 7) is 8.56. The highest BCUT2D eigenvalue weighted by molar-refractivity contribution is 4.99. The molecular formula is C15H30N2. The van der Waals surface area contributed by atoms with Gasteiger partial charge in [-0.05, 0) is 51.2 Å². The molecule has 0 aromatic carbocycles. The lowest BCUT2D eigenvalue weighted by Crippen LogP contribution is -2.60. The predicted octanol–water partition coefficient (Wildman–Crippen LogP) is 3.03. The zero-order valence-corrected chi connectivity index (χ0v) is 11.8. The van der Waals surface area contributed by atoms with E-state index in [0.717, 1.165) is 18.0 Å². The van der Waals surface area contributed by atoms with Crippen molar-refractivity contribution in [2.45, 2.75) is 70.9 Å². The van der Waals surface area contributed by atoms with Crippen LogP contribution in [0.3, 0.4) is 0 Å². The van der Waals surface area contributed by atoms with Crippen LogP contribution in [0.2, 0.25) is 0 Å².